The quantitative estimate of drug-likeness (QED) is 0.0224. The van der Waals surface area contributed by atoms with Gasteiger partial charge in [-0.25, -0.2) is 4.57 Å². The summed E-state index contributed by atoms with van der Waals surface area (Å²) in [4.78, 5) is 55.4. The number of Topliss-reactive ketones (excluding diaryl/α,β-unsaturated/α-hetero) is 1. The molecule has 0 aromatic heterocycles. The lowest BCUT2D eigenvalue weighted by Gasteiger charge is -2.18. The Labute approximate surface area is 313 Å². The summed E-state index contributed by atoms with van der Waals surface area (Å²) in [7, 11) is -4.82. The molecule has 0 saturated heterocycles. The number of phosphoric acid groups is 1. The van der Waals surface area contributed by atoms with Crippen LogP contribution in [0.5, 0.6) is 0 Å². The van der Waals surface area contributed by atoms with Gasteiger partial charge in [-0.3, -0.25) is 18.9 Å². The molecule has 52 heavy (non-hydrogen) atoms. The molecular weight excluding hydrogens is 687 g/mol. The van der Waals surface area contributed by atoms with Gasteiger partial charge in [0.15, 0.2) is 6.10 Å². The number of aliphatic hydroxyl groups is 2. The minimum Gasteiger partial charge on any atom is -0.462 e. The van der Waals surface area contributed by atoms with Crippen LogP contribution in [0.25, 0.3) is 0 Å². The summed E-state index contributed by atoms with van der Waals surface area (Å²) < 4.78 is 26.3. The molecule has 0 amide bonds. The maximum Gasteiger partial charge on any atom is 0.469 e. The summed E-state index contributed by atoms with van der Waals surface area (Å²) in [6.07, 6.45) is 24.1. The molecule has 0 radical (unpaired) electrons. The van der Waals surface area contributed by atoms with Crippen molar-refractivity contribution in [3.05, 3.63) is 24.3 Å². The largest absolute Gasteiger partial charge is 0.469 e. The first kappa shape index (κ1) is 48.1. The van der Waals surface area contributed by atoms with Gasteiger partial charge in [-0.1, -0.05) is 135 Å². The van der Waals surface area contributed by atoms with Gasteiger partial charge in [0.25, 0.3) is 0 Å². The molecule has 0 heterocycles. The third kappa shape index (κ3) is 25.2. The van der Waals surface area contributed by atoms with Crippen LogP contribution in [0, 0.1) is 17.8 Å². The summed E-state index contributed by atoms with van der Waals surface area (Å²) in [5, 5.41) is 20.6. The van der Waals surface area contributed by atoms with Crippen molar-refractivity contribution in [2.24, 2.45) is 17.8 Å². The summed E-state index contributed by atoms with van der Waals surface area (Å²) in [6.45, 7) is 5.68. The Morgan fingerprint density at radius 3 is 2.10 bits per heavy atom. The second-order valence-electron chi connectivity index (χ2n) is 14.6. The number of hydrogen-bond donors (Lipinski definition) is 4. The van der Waals surface area contributed by atoms with E-state index in [-0.39, 0.29) is 37.6 Å². The van der Waals surface area contributed by atoms with Crippen LogP contribution in [0.4, 0.5) is 0 Å². The third-order valence-electron chi connectivity index (χ3n) is 9.89. The Morgan fingerprint density at radius 2 is 1.46 bits per heavy atom. The minimum absolute atomic E-state index is 0.0226. The predicted molar refractivity (Wildman–Crippen MR) is 203 cm³/mol. The number of allylic oxidation sites excluding steroid dienone is 3. The van der Waals surface area contributed by atoms with E-state index in [0.29, 0.717) is 32.1 Å². The molecule has 11 nitrogen and oxygen atoms in total. The van der Waals surface area contributed by atoms with Gasteiger partial charge in [-0.15, -0.1) is 0 Å². The fourth-order valence-electron chi connectivity index (χ4n) is 6.39. The molecule has 1 fully saturated rings. The molecule has 1 saturated carbocycles. The van der Waals surface area contributed by atoms with Crippen LogP contribution in [-0.2, 0) is 32.9 Å². The SMILES string of the molecule is CCCCC[C@H](O)/C=C/[C@H]1C(=O)C[C@H](O)[C@@H]1C/C=C\CCCC(=O)O[C@H](COC(=O)CCCCCCCCCCCCC(C)CC)COP(=O)(O)O. The van der Waals surface area contributed by atoms with Gasteiger partial charge < -0.3 is 29.5 Å². The molecule has 0 bridgehead atoms. The zero-order valence-corrected chi connectivity index (χ0v) is 33.2. The Balaban J connectivity index is 2.33. The molecule has 4 N–H and O–H groups in total. The summed E-state index contributed by atoms with van der Waals surface area (Å²) >= 11 is 0. The Kier molecular flexibility index (Phi) is 27.3. The Bertz CT molecular complexity index is 1070. The first-order valence-corrected chi connectivity index (χ1v) is 21.7. The third-order valence-corrected chi connectivity index (χ3v) is 10.4. The lowest BCUT2D eigenvalue weighted by molar-refractivity contribution is -0.161. The van der Waals surface area contributed by atoms with Crippen molar-refractivity contribution in [2.75, 3.05) is 13.2 Å². The average Bonchev–Trinajstić information content (AvgIpc) is 3.37. The number of ether oxygens (including phenoxy) is 2. The zero-order chi connectivity index (χ0) is 38.6. The molecule has 1 rings (SSSR count). The minimum atomic E-state index is -4.82. The molecular formula is C40H71O11P. The van der Waals surface area contributed by atoms with E-state index >= 15 is 0 Å². The van der Waals surface area contributed by atoms with E-state index < -0.39 is 50.6 Å². The van der Waals surface area contributed by atoms with Gasteiger partial charge in [0.05, 0.1) is 18.8 Å². The molecule has 6 atom stereocenters. The van der Waals surface area contributed by atoms with Crippen molar-refractivity contribution < 1.29 is 52.9 Å². The van der Waals surface area contributed by atoms with Gasteiger partial charge in [0, 0.05) is 31.1 Å². The van der Waals surface area contributed by atoms with Crippen molar-refractivity contribution in [1.29, 1.82) is 0 Å². The van der Waals surface area contributed by atoms with E-state index in [9.17, 15) is 29.2 Å². The first-order chi connectivity index (χ1) is 24.9. The van der Waals surface area contributed by atoms with E-state index in [1.807, 2.05) is 12.2 Å². The van der Waals surface area contributed by atoms with Crippen LogP contribution >= 0.6 is 7.82 Å². The van der Waals surface area contributed by atoms with Gasteiger partial charge in [-0.2, -0.15) is 0 Å². The Morgan fingerprint density at radius 1 is 0.846 bits per heavy atom. The second kappa shape index (κ2) is 29.5. The van der Waals surface area contributed by atoms with Crippen molar-refractivity contribution >= 4 is 25.5 Å². The van der Waals surface area contributed by atoms with E-state index in [0.717, 1.165) is 44.4 Å². The number of unbranched alkanes of at least 4 members (excludes halogenated alkanes) is 12. The number of carbonyl (C=O) groups excluding carboxylic acids is 3. The number of rotatable bonds is 32. The van der Waals surface area contributed by atoms with Crippen LogP contribution in [-0.4, -0.2) is 69.2 Å². The van der Waals surface area contributed by atoms with Gasteiger partial charge in [-0.05, 0) is 38.0 Å². The highest BCUT2D eigenvalue weighted by Crippen LogP contribution is 2.36. The number of phosphoric ester groups is 1. The second-order valence-corrected chi connectivity index (χ2v) is 15.9. The normalized spacial score (nSPS) is 19.8. The fraction of sp³-hybridized carbons (Fsp3) is 0.825. The van der Waals surface area contributed by atoms with Gasteiger partial charge >= 0.3 is 19.8 Å². The standard InChI is InChI=1S/C40H71O11P/c1-4-6-17-23-33(41)27-28-36-35(37(42)29-38(36)43)24-19-15-16-21-26-40(45)51-34(31-50-52(46,47)48)30-49-39(44)25-20-14-12-10-8-7-9-11-13-18-22-32(3)5-2/h15,19,27-28,32-37,41-42H,4-14,16-18,20-26,29-31H2,1-3H3,(H2,46,47,48)/b19-15-,28-27+/t32?,33-,34+,35+,36+,37-/m0/s1. The first-order valence-electron chi connectivity index (χ1n) is 20.1. The molecule has 12 heteroatoms. The van der Waals surface area contributed by atoms with Crippen LogP contribution in [0.2, 0.25) is 0 Å². The number of esters is 2. The smallest absolute Gasteiger partial charge is 0.462 e. The molecule has 1 unspecified atom stereocenters. The van der Waals surface area contributed by atoms with Crippen LogP contribution in [0.15, 0.2) is 24.3 Å². The summed E-state index contributed by atoms with van der Waals surface area (Å²) in [5.41, 5.74) is 0. The van der Waals surface area contributed by atoms with E-state index in [1.54, 1.807) is 12.2 Å². The molecule has 0 spiro atoms. The molecule has 1 aliphatic carbocycles. The average molecular weight is 759 g/mol. The van der Waals surface area contributed by atoms with Crippen molar-refractivity contribution in [3.8, 4) is 0 Å². The molecule has 302 valence electrons. The van der Waals surface area contributed by atoms with E-state index in [1.165, 1.54) is 51.4 Å². The number of ketones is 1. The maximum absolute atomic E-state index is 12.5. The van der Waals surface area contributed by atoms with Crippen molar-refractivity contribution in [1.82, 2.24) is 0 Å². The highest BCUT2D eigenvalue weighted by Gasteiger charge is 2.39. The molecule has 1 aliphatic rings. The topological polar surface area (TPSA) is 177 Å². The van der Waals surface area contributed by atoms with Crippen LogP contribution in [0.3, 0.4) is 0 Å². The molecule has 0 aliphatic heterocycles. The fourth-order valence-corrected chi connectivity index (χ4v) is 6.75. The van der Waals surface area contributed by atoms with Crippen LogP contribution < -0.4 is 0 Å². The predicted octanol–water partition coefficient (Wildman–Crippen LogP) is 8.46. The van der Waals surface area contributed by atoms with E-state index in [2.05, 4.69) is 25.3 Å². The lowest BCUT2D eigenvalue weighted by atomic mass is 9.90. The maximum atomic E-state index is 12.5. The monoisotopic (exact) mass is 758 g/mol. The van der Waals surface area contributed by atoms with E-state index in [4.69, 9.17) is 19.3 Å². The number of aliphatic hydroxyl groups excluding tert-OH is 2. The Hall–Kier alpha value is -1.88. The van der Waals surface area contributed by atoms with Crippen LogP contribution in [0.1, 0.15) is 162 Å². The zero-order valence-electron chi connectivity index (χ0n) is 32.3. The van der Waals surface area contributed by atoms with Crippen molar-refractivity contribution in [2.45, 2.75) is 180 Å². The summed E-state index contributed by atoms with van der Waals surface area (Å²) in [6, 6.07) is 0. The summed E-state index contributed by atoms with van der Waals surface area (Å²) in [5.74, 6) is -1.01. The highest BCUT2D eigenvalue weighted by atomic mass is 31.2. The highest BCUT2D eigenvalue weighted by molar-refractivity contribution is 7.46. The molecule has 0 aromatic carbocycles. The van der Waals surface area contributed by atoms with Crippen molar-refractivity contribution in [3.63, 3.8) is 0 Å². The number of carbonyl (C=O) groups is 3. The van der Waals surface area contributed by atoms with Gasteiger partial charge in [0.2, 0.25) is 0 Å². The number of hydrogen-bond acceptors (Lipinski definition) is 9. The lowest BCUT2D eigenvalue weighted by Crippen LogP contribution is -2.29. The molecule has 0 aromatic rings. The van der Waals surface area contributed by atoms with Gasteiger partial charge in [0.1, 0.15) is 12.4 Å².